The van der Waals surface area contributed by atoms with Crippen LogP contribution >= 0.6 is 12.2 Å². The first-order valence-electron chi connectivity index (χ1n) is 7.41. The Kier molecular flexibility index (Phi) is 4.00. The van der Waals surface area contributed by atoms with Crippen molar-refractivity contribution in [1.29, 1.82) is 5.26 Å². The molecule has 24 heavy (non-hydrogen) atoms. The van der Waals surface area contributed by atoms with E-state index < -0.39 is 5.60 Å². The topological polar surface area (TPSA) is 67.3 Å². The van der Waals surface area contributed by atoms with Crippen LogP contribution in [0, 0.1) is 11.3 Å². The zero-order valence-electron chi connectivity index (χ0n) is 13.3. The summed E-state index contributed by atoms with van der Waals surface area (Å²) in [7, 11) is 0. The lowest BCUT2D eigenvalue weighted by atomic mass is 9.91. The number of nitriles is 1. The van der Waals surface area contributed by atoms with Crippen LogP contribution in [0.4, 0.5) is 5.69 Å². The third kappa shape index (κ3) is 2.84. The fourth-order valence-corrected chi connectivity index (χ4v) is 2.84. The van der Waals surface area contributed by atoms with Gasteiger partial charge in [0.25, 0.3) is 0 Å². The molecule has 1 aliphatic heterocycles. The van der Waals surface area contributed by atoms with Crippen LogP contribution in [0.15, 0.2) is 54.3 Å². The van der Waals surface area contributed by atoms with Crippen molar-refractivity contribution >= 4 is 28.5 Å². The molecule has 4 nitrogen and oxygen atoms in total. The predicted molar refractivity (Wildman–Crippen MR) is 96.2 cm³/mol. The standard InChI is InChI=1S/C19H15N2O2S/c1-19(2)17(22)16(18(24)21-13-6-4-3-5-7-13)14-10-12(11-20)8-9-15(14)23-19/h3-10,22H,1-2H3. The molecule has 1 heterocycles. The number of thiocarbonyl (C=S) groups is 1. The van der Waals surface area contributed by atoms with E-state index in [1.54, 1.807) is 32.0 Å². The molecule has 0 saturated carbocycles. The Morgan fingerprint density at radius 2 is 1.92 bits per heavy atom. The molecular weight excluding hydrogens is 320 g/mol. The van der Waals surface area contributed by atoms with Crippen molar-refractivity contribution < 1.29 is 9.84 Å². The van der Waals surface area contributed by atoms with Gasteiger partial charge in [0.2, 0.25) is 0 Å². The first-order chi connectivity index (χ1) is 11.4. The van der Waals surface area contributed by atoms with Gasteiger partial charge in [-0.25, -0.2) is 5.32 Å². The summed E-state index contributed by atoms with van der Waals surface area (Å²) in [5.74, 6) is 0.576. The van der Waals surface area contributed by atoms with Gasteiger partial charge in [0, 0.05) is 5.56 Å². The smallest absolute Gasteiger partial charge is 0.160 e. The number of rotatable bonds is 2. The molecule has 2 aromatic rings. The Morgan fingerprint density at radius 3 is 2.58 bits per heavy atom. The second-order valence-electron chi connectivity index (χ2n) is 5.91. The summed E-state index contributed by atoms with van der Waals surface area (Å²) in [5, 5.41) is 24.3. The summed E-state index contributed by atoms with van der Waals surface area (Å²) in [6.07, 6.45) is 0. The molecule has 0 amide bonds. The van der Waals surface area contributed by atoms with Crippen molar-refractivity contribution in [2.45, 2.75) is 19.4 Å². The fraction of sp³-hybridized carbons (Fsp3) is 0.158. The molecular formula is C19H15N2O2S. The average Bonchev–Trinajstić information content (AvgIpc) is 2.56. The van der Waals surface area contributed by atoms with Crippen molar-refractivity contribution in [2.24, 2.45) is 0 Å². The molecule has 1 radical (unpaired) electrons. The van der Waals surface area contributed by atoms with Gasteiger partial charge < -0.3 is 9.84 Å². The normalized spacial score (nSPS) is 15.0. The lowest BCUT2D eigenvalue weighted by Gasteiger charge is -2.33. The lowest BCUT2D eigenvalue weighted by molar-refractivity contribution is 0.0927. The van der Waals surface area contributed by atoms with E-state index in [1.165, 1.54) is 0 Å². The van der Waals surface area contributed by atoms with Crippen LogP contribution in [0.5, 0.6) is 5.75 Å². The molecule has 0 bridgehead atoms. The summed E-state index contributed by atoms with van der Waals surface area (Å²) < 4.78 is 5.84. The Balaban J connectivity index is 2.09. The Morgan fingerprint density at radius 1 is 1.21 bits per heavy atom. The zero-order valence-corrected chi connectivity index (χ0v) is 14.1. The maximum absolute atomic E-state index is 10.7. The number of hydrogen-bond acceptors (Lipinski definition) is 4. The molecule has 0 aromatic heterocycles. The minimum Gasteiger partial charge on any atom is -0.507 e. The number of hydrogen-bond donors (Lipinski definition) is 1. The maximum atomic E-state index is 10.7. The van der Waals surface area contributed by atoms with E-state index in [0.29, 0.717) is 28.1 Å². The molecule has 119 valence electrons. The highest BCUT2D eigenvalue weighted by molar-refractivity contribution is 7.81. The molecule has 0 spiro atoms. The third-order valence-electron chi connectivity index (χ3n) is 3.75. The molecule has 1 aliphatic rings. The molecule has 0 atom stereocenters. The zero-order chi connectivity index (χ0) is 17.3. The maximum Gasteiger partial charge on any atom is 0.160 e. The van der Waals surface area contributed by atoms with Gasteiger partial charge in [-0.15, -0.1) is 0 Å². The molecule has 1 N–H and O–H groups in total. The van der Waals surface area contributed by atoms with Crippen LogP contribution in [0.1, 0.15) is 25.0 Å². The number of para-hydroxylation sites is 1. The van der Waals surface area contributed by atoms with Gasteiger partial charge in [-0.05, 0) is 44.2 Å². The molecule has 0 fully saturated rings. The first-order valence-corrected chi connectivity index (χ1v) is 7.81. The van der Waals surface area contributed by atoms with Crippen molar-refractivity contribution in [3.05, 3.63) is 65.4 Å². The highest BCUT2D eigenvalue weighted by atomic mass is 32.1. The number of fused-ring (bicyclic) bond motifs is 1. The monoisotopic (exact) mass is 335 g/mol. The summed E-state index contributed by atoms with van der Waals surface area (Å²) >= 11 is 5.47. The highest BCUT2D eigenvalue weighted by Crippen LogP contribution is 2.41. The van der Waals surface area contributed by atoms with Gasteiger partial charge in [-0.2, -0.15) is 5.26 Å². The van der Waals surface area contributed by atoms with Crippen LogP contribution in [0.3, 0.4) is 0 Å². The van der Waals surface area contributed by atoms with Crippen LogP contribution < -0.4 is 10.1 Å². The Hall–Kier alpha value is -2.84. The summed E-state index contributed by atoms with van der Waals surface area (Å²) in [6, 6.07) is 16.4. The van der Waals surface area contributed by atoms with E-state index in [4.69, 9.17) is 22.2 Å². The second-order valence-corrected chi connectivity index (χ2v) is 6.30. The molecule has 0 saturated heterocycles. The van der Waals surface area contributed by atoms with Gasteiger partial charge in [0.05, 0.1) is 22.9 Å². The Bertz CT molecular complexity index is 880. The summed E-state index contributed by atoms with van der Waals surface area (Å²) in [4.78, 5) is 0.256. The van der Waals surface area contributed by atoms with Crippen molar-refractivity contribution in [3.8, 4) is 11.8 Å². The number of benzene rings is 2. The minimum atomic E-state index is -0.924. The van der Waals surface area contributed by atoms with Gasteiger partial charge >= 0.3 is 0 Å². The quantitative estimate of drug-likeness (QED) is 0.833. The lowest BCUT2D eigenvalue weighted by Crippen LogP contribution is -2.36. The Labute approximate surface area is 146 Å². The third-order valence-corrected chi connectivity index (χ3v) is 4.05. The van der Waals surface area contributed by atoms with Crippen molar-refractivity contribution in [1.82, 2.24) is 5.32 Å². The van der Waals surface area contributed by atoms with E-state index >= 15 is 0 Å². The number of aliphatic hydroxyl groups is 1. The minimum absolute atomic E-state index is 0.00905. The van der Waals surface area contributed by atoms with Crippen molar-refractivity contribution in [3.63, 3.8) is 0 Å². The molecule has 0 aliphatic carbocycles. The largest absolute Gasteiger partial charge is 0.507 e. The number of nitrogens with zero attached hydrogens (tertiary/aromatic N) is 2. The predicted octanol–water partition coefficient (Wildman–Crippen LogP) is 4.26. The number of ether oxygens (including phenoxy) is 1. The molecule has 2 aromatic carbocycles. The van der Waals surface area contributed by atoms with E-state index in [-0.39, 0.29) is 10.7 Å². The van der Waals surface area contributed by atoms with Gasteiger partial charge in [0.1, 0.15) is 16.5 Å². The van der Waals surface area contributed by atoms with E-state index in [1.807, 2.05) is 30.3 Å². The van der Waals surface area contributed by atoms with Crippen LogP contribution in [0.25, 0.3) is 5.57 Å². The molecule has 3 rings (SSSR count). The van der Waals surface area contributed by atoms with E-state index in [0.717, 1.165) is 0 Å². The SMILES string of the molecule is CC1(C)Oc2ccc(C#N)cc2C(C(=S)[N]c2ccccc2)=C1O. The molecule has 0 unspecified atom stereocenters. The van der Waals surface area contributed by atoms with Gasteiger partial charge in [0.15, 0.2) is 5.60 Å². The summed E-state index contributed by atoms with van der Waals surface area (Å²) in [6.45, 7) is 3.52. The van der Waals surface area contributed by atoms with Gasteiger partial charge in [-0.1, -0.05) is 30.4 Å². The van der Waals surface area contributed by atoms with Crippen LogP contribution in [0.2, 0.25) is 0 Å². The average molecular weight is 335 g/mol. The summed E-state index contributed by atoms with van der Waals surface area (Å²) in [5.41, 5.74) is 1.25. The van der Waals surface area contributed by atoms with E-state index in [2.05, 4.69) is 11.4 Å². The second kappa shape index (κ2) is 5.99. The van der Waals surface area contributed by atoms with Crippen LogP contribution in [-0.4, -0.2) is 15.7 Å². The van der Waals surface area contributed by atoms with E-state index in [9.17, 15) is 5.11 Å². The fourth-order valence-electron chi connectivity index (χ4n) is 2.53. The van der Waals surface area contributed by atoms with Crippen LogP contribution in [-0.2, 0) is 0 Å². The highest BCUT2D eigenvalue weighted by Gasteiger charge is 2.37. The molecule has 5 heteroatoms. The van der Waals surface area contributed by atoms with Gasteiger partial charge in [-0.3, -0.25) is 0 Å². The van der Waals surface area contributed by atoms with Crippen molar-refractivity contribution in [2.75, 3.05) is 0 Å². The first kappa shape index (κ1) is 16.0. The number of aliphatic hydroxyl groups excluding tert-OH is 1.